The lowest BCUT2D eigenvalue weighted by atomic mass is 9.90. The second-order valence-corrected chi connectivity index (χ2v) is 9.90. The molecule has 1 amide bonds. The quantitative estimate of drug-likeness (QED) is 0.751. The van der Waals surface area contributed by atoms with Crippen molar-refractivity contribution in [1.29, 1.82) is 0 Å². The zero-order chi connectivity index (χ0) is 20.2. The number of carbonyl (C=O) groups excluding carboxylic acids is 1. The molecule has 2 aliphatic carbocycles. The van der Waals surface area contributed by atoms with Gasteiger partial charge in [-0.1, -0.05) is 38.5 Å². The predicted octanol–water partition coefficient (Wildman–Crippen LogP) is 5.48. The molecule has 1 aromatic rings. The molecule has 0 saturated carbocycles. The molecule has 1 aliphatic heterocycles. The topological polar surface area (TPSA) is 32.3 Å². The average Bonchev–Trinajstić information content (AvgIpc) is 3.15. The molecule has 0 radical (unpaired) electrons. The van der Waals surface area contributed by atoms with Crippen LogP contribution in [0.4, 0.5) is 15.8 Å². The highest BCUT2D eigenvalue weighted by Crippen LogP contribution is 2.48. The van der Waals surface area contributed by atoms with Crippen LogP contribution in [-0.2, 0) is 4.79 Å². The van der Waals surface area contributed by atoms with Crippen molar-refractivity contribution < 1.29 is 9.18 Å². The van der Waals surface area contributed by atoms with Gasteiger partial charge in [-0.3, -0.25) is 4.79 Å². The maximum absolute atomic E-state index is 13.8. The van der Waals surface area contributed by atoms with E-state index in [2.05, 4.69) is 57.0 Å². The van der Waals surface area contributed by atoms with Gasteiger partial charge in [0.15, 0.2) is 0 Å². The Morgan fingerprint density at radius 1 is 1.25 bits per heavy atom. The highest BCUT2D eigenvalue weighted by atomic mass is 19.1. The van der Waals surface area contributed by atoms with E-state index in [0.29, 0.717) is 24.8 Å². The van der Waals surface area contributed by atoms with Crippen LogP contribution < -0.4 is 10.2 Å². The van der Waals surface area contributed by atoms with E-state index in [9.17, 15) is 9.18 Å². The molecule has 4 heteroatoms. The molecule has 1 heterocycles. The van der Waals surface area contributed by atoms with Crippen LogP contribution in [-0.4, -0.2) is 24.7 Å². The van der Waals surface area contributed by atoms with E-state index in [-0.39, 0.29) is 11.3 Å². The van der Waals surface area contributed by atoms with Crippen molar-refractivity contribution in [2.45, 2.75) is 66.1 Å². The molecule has 1 unspecified atom stereocenters. The largest absolute Gasteiger partial charge is 0.364 e. The number of anilines is 2. The van der Waals surface area contributed by atoms with Crippen LogP contribution in [0.1, 0.15) is 51.2 Å². The number of allylic oxidation sites excluding steroid dienone is 1. The molecule has 1 saturated heterocycles. The molecule has 1 aromatic carbocycles. The van der Waals surface area contributed by atoms with Crippen LogP contribution in [0.15, 0.2) is 35.4 Å². The standard InChI is InChI=1S/C24H31FN2O/c1-14-8-18(9-15(2)23(14)26-22(28)12-24(3,4)5)27-13-16-10-21(27)19-7-6-17(25)11-20(16)19/h6-9,16-17,21H,10-13H2,1-5H3,(H,26,28)/t16-,17?,21-/m0/s1. The Balaban J connectivity index is 1.55. The van der Waals surface area contributed by atoms with Crippen LogP contribution >= 0.6 is 0 Å². The van der Waals surface area contributed by atoms with Crippen molar-refractivity contribution in [3.63, 3.8) is 0 Å². The number of alkyl halides is 1. The molecule has 0 spiro atoms. The molecule has 1 N–H and O–H groups in total. The Kier molecular flexibility index (Phi) is 4.64. The smallest absolute Gasteiger partial charge is 0.224 e. The summed E-state index contributed by atoms with van der Waals surface area (Å²) in [5.41, 5.74) is 6.98. The fourth-order valence-electron chi connectivity index (χ4n) is 5.08. The second kappa shape index (κ2) is 6.75. The van der Waals surface area contributed by atoms with Crippen LogP contribution in [0, 0.1) is 25.2 Å². The molecule has 0 aromatic heterocycles. The van der Waals surface area contributed by atoms with E-state index in [1.54, 1.807) is 6.08 Å². The minimum atomic E-state index is -0.813. The average molecular weight is 383 g/mol. The number of aryl methyl sites for hydroxylation is 2. The van der Waals surface area contributed by atoms with E-state index in [1.807, 2.05) is 6.08 Å². The molecular weight excluding hydrogens is 351 g/mol. The van der Waals surface area contributed by atoms with Gasteiger partial charge in [0.2, 0.25) is 5.91 Å². The summed E-state index contributed by atoms with van der Waals surface area (Å²) in [5.74, 6) is 0.546. The summed E-state index contributed by atoms with van der Waals surface area (Å²) in [7, 11) is 0. The van der Waals surface area contributed by atoms with Gasteiger partial charge in [-0.2, -0.15) is 0 Å². The van der Waals surface area contributed by atoms with E-state index in [4.69, 9.17) is 0 Å². The lowest BCUT2D eigenvalue weighted by molar-refractivity contribution is -0.117. The molecule has 28 heavy (non-hydrogen) atoms. The Hall–Kier alpha value is -2.10. The number of carbonyl (C=O) groups is 1. The van der Waals surface area contributed by atoms with Crippen molar-refractivity contribution in [3.8, 4) is 0 Å². The summed E-state index contributed by atoms with van der Waals surface area (Å²) in [5, 5.41) is 3.12. The molecule has 3 atom stereocenters. The summed E-state index contributed by atoms with van der Waals surface area (Å²) in [6.45, 7) is 11.3. The number of rotatable bonds is 3. The third-order valence-corrected chi connectivity index (χ3v) is 6.23. The zero-order valence-corrected chi connectivity index (χ0v) is 17.6. The Labute approximate surface area is 167 Å². The van der Waals surface area contributed by atoms with Gasteiger partial charge < -0.3 is 10.2 Å². The molecule has 1 fully saturated rings. The van der Waals surface area contributed by atoms with E-state index in [1.165, 1.54) is 16.8 Å². The highest BCUT2D eigenvalue weighted by molar-refractivity contribution is 5.93. The molecule has 3 nitrogen and oxygen atoms in total. The number of benzene rings is 1. The summed E-state index contributed by atoms with van der Waals surface area (Å²) in [6, 6.07) is 4.74. The molecule has 150 valence electrons. The first kappa shape index (κ1) is 19.2. The van der Waals surface area contributed by atoms with Gasteiger partial charge in [-0.25, -0.2) is 4.39 Å². The Bertz CT molecular complexity index is 854. The molecular formula is C24H31FN2O. The van der Waals surface area contributed by atoms with Crippen LogP contribution in [0.5, 0.6) is 0 Å². The Morgan fingerprint density at radius 2 is 1.93 bits per heavy atom. The lowest BCUT2D eigenvalue weighted by Gasteiger charge is -2.34. The van der Waals surface area contributed by atoms with Gasteiger partial charge >= 0.3 is 0 Å². The van der Waals surface area contributed by atoms with Crippen molar-refractivity contribution in [2.75, 3.05) is 16.8 Å². The minimum Gasteiger partial charge on any atom is -0.364 e. The first-order valence-corrected chi connectivity index (χ1v) is 10.4. The van der Waals surface area contributed by atoms with E-state index >= 15 is 0 Å². The normalized spacial score (nSPS) is 26.1. The summed E-state index contributed by atoms with van der Waals surface area (Å²) < 4.78 is 13.8. The van der Waals surface area contributed by atoms with Crippen molar-refractivity contribution >= 4 is 17.3 Å². The van der Waals surface area contributed by atoms with Gasteiger partial charge in [0.1, 0.15) is 6.17 Å². The number of hydrogen-bond donors (Lipinski definition) is 1. The lowest BCUT2D eigenvalue weighted by Crippen LogP contribution is -2.35. The van der Waals surface area contributed by atoms with Crippen LogP contribution in [0.3, 0.4) is 0 Å². The number of hydrogen-bond acceptors (Lipinski definition) is 2. The number of nitrogens with one attached hydrogen (secondary N) is 1. The zero-order valence-electron chi connectivity index (χ0n) is 17.6. The van der Waals surface area contributed by atoms with Gasteiger partial charge in [-0.05, 0) is 54.5 Å². The van der Waals surface area contributed by atoms with Crippen LogP contribution in [0.2, 0.25) is 0 Å². The summed E-state index contributed by atoms with van der Waals surface area (Å²) in [6.07, 6.45) is 5.10. The summed E-state index contributed by atoms with van der Waals surface area (Å²) >= 11 is 0. The molecule has 3 aliphatic rings. The van der Waals surface area contributed by atoms with Crippen LogP contribution in [0.25, 0.3) is 0 Å². The number of nitrogens with zero attached hydrogens (tertiary/aromatic N) is 1. The van der Waals surface area contributed by atoms with E-state index < -0.39 is 6.17 Å². The van der Waals surface area contributed by atoms with E-state index in [0.717, 1.165) is 29.8 Å². The molecule has 2 bridgehead atoms. The monoisotopic (exact) mass is 382 g/mol. The maximum Gasteiger partial charge on any atom is 0.224 e. The highest BCUT2D eigenvalue weighted by Gasteiger charge is 2.44. The molecule has 4 rings (SSSR count). The number of fused-ring (bicyclic) bond motifs is 4. The number of halogens is 1. The Morgan fingerprint density at radius 3 is 2.57 bits per heavy atom. The van der Waals surface area contributed by atoms with Gasteiger partial charge in [0.25, 0.3) is 0 Å². The minimum absolute atomic E-state index is 0.0296. The van der Waals surface area contributed by atoms with Gasteiger partial charge in [-0.15, -0.1) is 0 Å². The maximum atomic E-state index is 13.8. The first-order chi connectivity index (χ1) is 13.1. The van der Waals surface area contributed by atoms with Gasteiger partial charge in [0, 0.05) is 36.7 Å². The van der Waals surface area contributed by atoms with Crippen molar-refractivity contribution in [1.82, 2.24) is 0 Å². The van der Waals surface area contributed by atoms with Crippen molar-refractivity contribution in [2.24, 2.45) is 11.3 Å². The van der Waals surface area contributed by atoms with Crippen molar-refractivity contribution in [3.05, 3.63) is 46.6 Å². The predicted molar refractivity (Wildman–Crippen MR) is 114 cm³/mol. The SMILES string of the molecule is Cc1cc(N2C[C@@H]3C[C@H]2C2=C3CC(F)C=C2)cc(C)c1NC(=O)CC(C)(C)C. The summed E-state index contributed by atoms with van der Waals surface area (Å²) in [4.78, 5) is 14.9. The first-order valence-electron chi connectivity index (χ1n) is 10.4. The fraction of sp³-hybridized carbons (Fsp3) is 0.542. The number of amides is 1. The van der Waals surface area contributed by atoms with Gasteiger partial charge in [0.05, 0.1) is 6.04 Å². The third kappa shape index (κ3) is 3.49. The fourth-order valence-corrected chi connectivity index (χ4v) is 5.08. The second-order valence-electron chi connectivity index (χ2n) is 9.90. The third-order valence-electron chi connectivity index (χ3n) is 6.23.